The van der Waals surface area contributed by atoms with Crippen LogP contribution < -0.4 is 0 Å². The van der Waals surface area contributed by atoms with Crippen molar-refractivity contribution in [3.63, 3.8) is 0 Å². The molecule has 0 amide bonds. The Morgan fingerprint density at radius 1 is 0.274 bits per heavy atom. The molecule has 0 aliphatic carbocycles. The van der Waals surface area contributed by atoms with Crippen molar-refractivity contribution < 1.29 is 19.1 Å². The minimum atomic E-state index is 0.897. The Morgan fingerprint density at radius 3 is 0.842 bits per heavy atom. The molecule has 0 aromatic heterocycles. The maximum absolute atomic E-state index is 12.5. The van der Waals surface area contributed by atoms with Crippen LogP contribution in [0.25, 0.3) is 16.9 Å². The summed E-state index contributed by atoms with van der Waals surface area (Å²) >= 11 is 2.04. The third-order valence-corrected chi connectivity index (χ3v) is 22.1. The fourth-order valence-corrected chi connectivity index (χ4v) is 15.5. The second kappa shape index (κ2) is 67.4. The topological polar surface area (TPSA) is 25.3 Å². The van der Waals surface area contributed by atoms with Gasteiger partial charge in [0.25, 0.3) is 0 Å². The molecule has 0 spiro atoms. The van der Waals surface area contributed by atoms with Gasteiger partial charge in [-0.3, -0.25) is 0 Å². The van der Waals surface area contributed by atoms with Crippen LogP contribution in [0.15, 0.2) is 47.5 Å². The summed E-state index contributed by atoms with van der Waals surface area (Å²) in [5, 5.41) is 2.87. The number of unbranched alkanes of at least 4 members (excludes halogenated alkanes) is 53. The molecule has 3 heteroatoms. The third kappa shape index (κ3) is 48.1. The number of allylic oxidation sites excluding steroid dienone is 2. The molecule has 1 aliphatic rings. The van der Waals surface area contributed by atoms with Crippen molar-refractivity contribution in [1.29, 1.82) is 0 Å². The summed E-state index contributed by atoms with van der Waals surface area (Å²) in [5.74, 6) is 7.41. The molecule has 0 saturated heterocycles. The monoisotopic (exact) mass is 1350 g/mol. The molecule has 0 radical (unpaired) electrons. The van der Waals surface area contributed by atoms with Crippen LogP contribution in [0.2, 0.25) is 10.8 Å². The normalized spacial score (nSPS) is 12.4. The van der Waals surface area contributed by atoms with Crippen LogP contribution >= 0.6 is 0 Å². The van der Waals surface area contributed by atoms with Crippen molar-refractivity contribution >= 4 is 11.4 Å². The van der Waals surface area contributed by atoms with Crippen LogP contribution in [-0.2, 0) is 40.1 Å². The zero-order valence-electron chi connectivity index (χ0n) is 65.3. The Kier molecular flexibility index (Phi) is 62.9. The first-order chi connectivity index (χ1) is 46.9. The van der Waals surface area contributed by atoms with Gasteiger partial charge in [-0.15, -0.1) is 0 Å². The van der Waals surface area contributed by atoms with Crippen molar-refractivity contribution in [3.8, 4) is 11.8 Å². The van der Waals surface area contributed by atoms with Crippen LogP contribution in [0.3, 0.4) is 0 Å². The minimum absolute atomic E-state index is 0.897. The third-order valence-electron chi connectivity index (χ3n) is 20.7. The maximum atomic E-state index is 12.5. The molecule has 0 fully saturated rings. The summed E-state index contributed by atoms with van der Waals surface area (Å²) in [6.45, 7) is 18.2. The number of nitrogens with zero attached hydrogens (tertiary/aromatic N) is 2. The number of hydrogen-bond acceptors (Lipinski definition) is 0. The van der Waals surface area contributed by atoms with Crippen LogP contribution in [0.4, 0.5) is 0 Å². The molecule has 2 nitrogen and oxygen atoms in total. The molecule has 0 bridgehead atoms. The van der Waals surface area contributed by atoms with Crippen LogP contribution in [0.1, 0.15) is 474 Å². The van der Waals surface area contributed by atoms with Crippen molar-refractivity contribution in [3.05, 3.63) is 86.5 Å². The van der Waals surface area contributed by atoms with Crippen molar-refractivity contribution in [1.82, 2.24) is 0 Å². The van der Waals surface area contributed by atoms with E-state index in [2.05, 4.69) is 104 Å². The summed E-state index contributed by atoms with van der Waals surface area (Å²) in [6, 6.07) is 14.1. The number of aryl methyl sites for hydroxylation is 4. The van der Waals surface area contributed by atoms with E-state index < -0.39 is 0 Å². The van der Waals surface area contributed by atoms with Gasteiger partial charge in [-0.2, -0.15) is 0 Å². The molecule has 550 valence electrons. The fourth-order valence-electron chi connectivity index (χ4n) is 14.3. The van der Waals surface area contributed by atoms with Gasteiger partial charge < -0.3 is 5.53 Å². The average Bonchev–Trinajstić information content (AvgIpc) is 1.62. The Hall–Kier alpha value is -2.43. The summed E-state index contributed by atoms with van der Waals surface area (Å²) in [4.78, 5) is 0. The molecule has 0 saturated carbocycles. The van der Waals surface area contributed by atoms with E-state index in [1.807, 2.05) is 14.4 Å². The molecular weight excluding hydrogens is 1190 g/mol. The summed E-state index contributed by atoms with van der Waals surface area (Å²) in [6.07, 6.45) is 87.9. The zero-order chi connectivity index (χ0) is 68.4. The van der Waals surface area contributed by atoms with Crippen molar-refractivity contribution in [2.24, 2.45) is 0 Å². The predicted molar refractivity (Wildman–Crippen MR) is 425 cm³/mol. The van der Waals surface area contributed by atoms with E-state index in [1.54, 1.807) is 4.70 Å². The first kappa shape index (κ1) is 88.7. The number of benzene rings is 2. The van der Waals surface area contributed by atoms with Gasteiger partial charge in [0.05, 0.1) is 0 Å². The minimum Gasteiger partial charge on any atom is -0.0654 e. The van der Waals surface area contributed by atoms with Gasteiger partial charge in [-0.05, 0) is 104 Å². The number of hydrogen-bond donors (Lipinski definition) is 0. The standard InChI is InChI=1S/C60H96N2.2C16H33.Ni/c1-7-13-17-18-19-20-21-22-23-24-25-26-27-28-29-30-31-32-33-34-35-36-37-38-40-44-58-57(43-39-14-8-2)59(55-47-51(11-5)45-53(49-55)41-15-9-3)62(61)60(58)56-48-52(12-6)46-54(50-56)42-16-10-4;2*1-3-5-7-9-11-13-15-16-14-12-10-8-6-4-2;/h45-50H,7-39,41-43H2,1-6H3;2*1,3-16H2,2H3;. The van der Waals surface area contributed by atoms with E-state index in [9.17, 15) is 5.53 Å². The van der Waals surface area contributed by atoms with Gasteiger partial charge in [0.2, 0.25) is 11.4 Å². The first-order valence-electron chi connectivity index (χ1n) is 43.1. The Balaban J connectivity index is 0.000000786. The molecule has 0 atom stereocenters. The second-order valence-corrected chi connectivity index (χ2v) is 31.3. The summed E-state index contributed by atoms with van der Waals surface area (Å²) < 4.78 is 1.56. The first-order valence-corrected chi connectivity index (χ1v) is 44.5. The van der Waals surface area contributed by atoms with Gasteiger partial charge in [-0.1, -0.05) is 285 Å². The fraction of sp³-hybridized carbons (Fsp3) is 0.804. The van der Waals surface area contributed by atoms with E-state index in [-0.39, 0.29) is 0 Å². The van der Waals surface area contributed by atoms with Crippen LogP contribution in [0, 0.1) is 11.8 Å². The molecule has 95 heavy (non-hydrogen) atoms. The van der Waals surface area contributed by atoms with Crippen molar-refractivity contribution in [2.45, 2.75) is 477 Å². The van der Waals surface area contributed by atoms with E-state index in [1.165, 1.54) is 398 Å². The number of rotatable bonds is 67. The van der Waals surface area contributed by atoms with Gasteiger partial charge >= 0.3 is 166 Å². The molecular formula is C92H162N2Ni. The molecule has 2 aromatic carbocycles. The molecule has 0 unspecified atom stereocenters. The smallest absolute Gasteiger partial charge is 0.0654 e. The van der Waals surface area contributed by atoms with Gasteiger partial charge in [0.15, 0.2) is 0 Å². The predicted octanol–water partition coefficient (Wildman–Crippen LogP) is 32.5. The Labute approximate surface area is 602 Å². The van der Waals surface area contributed by atoms with Crippen LogP contribution in [0.5, 0.6) is 0 Å². The summed E-state index contributed by atoms with van der Waals surface area (Å²) in [7, 11) is 0. The molecule has 1 aliphatic heterocycles. The van der Waals surface area contributed by atoms with E-state index in [0.29, 0.717) is 0 Å². The quantitative estimate of drug-likeness (QED) is 0.0273. The van der Waals surface area contributed by atoms with Crippen molar-refractivity contribution in [2.75, 3.05) is 0 Å². The van der Waals surface area contributed by atoms with E-state index >= 15 is 0 Å². The molecule has 2 aromatic rings. The van der Waals surface area contributed by atoms with E-state index in [0.717, 1.165) is 79.5 Å². The molecule has 0 N–H and O–H groups in total. The SMILES string of the molecule is CCCCCCCCCCCCCCCCCCCCCCCCCC#CC1=C(c2cc(CC)cc(CCCC)c2)[N+](=[N-])C(c2cc(CC)cc(CCCC)c2)=C1CCCCC.CCCCCCCCCCCCCCC[CH2][Ni][CH2]CCCCCCCCCCCCCCC. The molecule has 1 heterocycles. The van der Waals surface area contributed by atoms with E-state index in [4.69, 9.17) is 0 Å². The zero-order valence-corrected chi connectivity index (χ0v) is 66.3. The Morgan fingerprint density at radius 2 is 0.537 bits per heavy atom. The molecule has 3 rings (SSSR count). The average molecular weight is 1360 g/mol. The van der Waals surface area contributed by atoms with Gasteiger partial charge in [-0.25, -0.2) is 4.70 Å². The summed E-state index contributed by atoms with van der Waals surface area (Å²) in [5.41, 5.74) is 24.3. The van der Waals surface area contributed by atoms with Gasteiger partial charge in [0.1, 0.15) is 5.57 Å². The Bertz CT molecular complexity index is 2150. The van der Waals surface area contributed by atoms with Gasteiger partial charge in [0, 0.05) is 23.1 Å². The second-order valence-electron chi connectivity index (χ2n) is 29.8. The van der Waals surface area contributed by atoms with Crippen LogP contribution in [-0.4, -0.2) is 4.70 Å².